The first kappa shape index (κ1) is 32.5. The van der Waals surface area contributed by atoms with Gasteiger partial charge in [-0.1, -0.05) is 71.4 Å². The van der Waals surface area contributed by atoms with Crippen molar-refractivity contribution in [2.75, 3.05) is 6.61 Å². The first-order valence-electron chi connectivity index (χ1n) is 13.7. The molecule has 0 spiro atoms. The molecule has 6 heteroatoms. The van der Waals surface area contributed by atoms with E-state index in [2.05, 4.69) is 66.7 Å². The highest BCUT2D eigenvalue weighted by molar-refractivity contribution is 6.77. The van der Waals surface area contributed by atoms with Crippen molar-refractivity contribution >= 4 is 20.6 Å². The van der Waals surface area contributed by atoms with Crippen molar-refractivity contribution in [3.8, 4) is 0 Å². The molecule has 0 saturated carbocycles. The predicted octanol–water partition coefficient (Wildman–Crippen LogP) is 7.72. The molecule has 0 bridgehead atoms. The quantitative estimate of drug-likeness (QED) is 0.0771. The molecule has 0 aliphatic carbocycles. The summed E-state index contributed by atoms with van der Waals surface area (Å²) in [5, 5.41) is 0. The van der Waals surface area contributed by atoms with E-state index in [-0.39, 0.29) is 30.9 Å². The fourth-order valence-corrected chi connectivity index (χ4v) is 10.8. The number of carbonyl (C=O) groups is 2. The molecule has 0 amide bonds. The molecule has 1 heterocycles. The summed E-state index contributed by atoms with van der Waals surface area (Å²) < 4.78 is 18.7. The normalized spacial score (nSPS) is 20.5. The van der Waals surface area contributed by atoms with Crippen LogP contribution in [0.2, 0.25) is 16.6 Å². The topological polar surface area (TPSA) is 61.8 Å². The highest BCUT2D eigenvalue weighted by atomic mass is 28.4. The van der Waals surface area contributed by atoms with Crippen molar-refractivity contribution in [1.82, 2.24) is 0 Å². The fraction of sp³-hybridized carbons (Fsp3) is 0.733. The van der Waals surface area contributed by atoms with Gasteiger partial charge in [-0.2, -0.15) is 0 Å². The number of aldehydes is 1. The highest BCUT2D eigenvalue weighted by Crippen LogP contribution is 2.44. The summed E-state index contributed by atoms with van der Waals surface area (Å²) in [6.45, 7) is 21.7. The summed E-state index contributed by atoms with van der Waals surface area (Å²) in [6.07, 6.45) is 14.0. The molecule has 0 N–H and O–H groups in total. The maximum absolute atomic E-state index is 12.0. The second-order valence-electron chi connectivity index (χ2n) is 12.1. The van der Waals surface area contributed by atoms with Crippen molar-refractivity contribution in [1.29, 1.82) is 0 Å². The van der Waals surface area contributed by atoms with E-state index < -0.39 is 13.7 Å². The SMILES string of the molecule is CC(/C=C/COC(=O)C(C)(C)C)=C\C[C@@H](C[C@@H]1C=CC[C@@H](CC=O)O1)O[Si](C(C)C)(C(C)C)C(C)C. The first-order chi connectivity index (χ1) is 16.7. The summed E-state index contributed by atoms with van der Waals surface area (Å²) in [5.74, 6) is -0.201. The van der Waals surface area contributed by atoms with Crippen LogP contribution in [0.1, 0.15) is 94.9 Å². The largest absolute Gasteiger partial charge is 0.461 e. The molecule has 36 heavy (non-hydrogen) atoms. The molecule has 0 aromatic carbocycles. The Kier molecular flexibility index (Phi) is 13.6. The molecular formula is C30H52O5Si. The number of hydrogen-bond donors (Lipinski definition) is 0. The van der Waals surface area contributed by atoms with Crippen molar-refractivity contribution in [3.05, 3.63) is 36.0 Å². The molecule has 1 rings (SSSR count). The number of esters is 1. The molecular weight excluding hydrogens is 468 g/mol. The summed E-state index contributed by atoms with van der Waals surface area (Å²) in [5.41, 5.74) is 2.10. The number of carbonyl (C=O) groups excluding carboxylic acids is 2. The third-order valence-corrected chi connectivity index (χ3v) is 13.2. The van der Waals surface area contributed by atoms with Crippen molar-refractivity contribution in [3.63, 3.8) is 0 Å². The Balaban J connectivity index is 3.02. The van der Waals surface area contributed by atoms with Gasteiger partial charge in [0.2, 0.25) is 8.32 Å². The van der Waals surface area contributed by atoms with Crippen molar-refractivity contribution < 1.29 is 23.5 Å². The Bertz CT molecular complexity index is 751. The Morgan fingerprint density at radius 2 is 1.72 bits per heavy atom. The zero-order valence-corrected chi connectivity index (χ0v) is 25.5. The van der Waals surface area contributed by atoms with E-state index in [1.807, 2.05) is 32.9 Å². The monoisotopic (exact) mass is 520 g/mol. The number of ether oxygens (including phenoxy) is 2. The van der Waals surface area contributed by atoms with E-state index in [1.54, 1.807) is 0 Å². The molecule has 0 saturated heterocycles. The maximum Gasteiger partial charge on any atom is 0.311 e. The average molecular weight is 521 g/mol. The fourth-order valence-electron chi connectivity index (χ4n) is 5.23. The van der Waals surface area contributed by atoms with Crippen LogP contribution in [0, 0.1) is 5.41 Å². The van der Waals surface area contributed by atoms with Gasteiger partial charge in [-0.3, -0.25) is 4.79 Å². The standard InChI is InChI=1S/C30H52O5Si/c1-22(2)36(23(3)4,24(5)6)35-28(21-27-15-11-14-26(34-27)18-19-31)17-16-25(7)13-12-20-33-29(32)30(8,9)10/h11-13,15-16,19,22-24,26-28H,14,17-18,20-21H2,1-10H3/b13-12+,25-16+/t26-,27-,28-/m0/s1. The minimum absolute atomic E-state index is 0.0237. The van der Waals surface area contributed by atoms with Crippen molar-refractivity contribution in [2.45, 2.75) is 130 Å². The van der Waals surface area contributed by atoms with Gasteiger partial charge in [0.15, 0.2) is 0 Å². The predicted molar refractivity (Wildman–Crippen MR) is 152 cm³/mol. The van der Waals surface area contributed by atoms with E-state index in [0.717, 1.165) is 31.1 Å². The Morgan fingerprint density at radius 3 is 2.25 bits per heavy atom. The first-order valence-corrected chi connectivity index (χ1v) is 15.8. The van der Waals surface area contributed by atoms with Gasteiger partial charge in [0.05, 0.1) is 23.7 Å². The number of rotatable bonds is 14. The molecule has 0 unspecified atom stereocenters. The van der Waals surface area contributed by atoms with Crippen LogP contribution >= 0.6 is 0 Å². The van der Waals surface area contributed by atoms with Crippen LogP contribution in [-0.4, -0.2) is 45.5 Å². The van der Waals surface area contributed by atoms with Gasteiger partial charge in [-0.25, -0.2) is 0 Å². The number of allylic oxidation sites excluding steroid dienone is 2. The van der Waals surface area contributed by atoms with Gasteiger partial charge < -0.3 is 18.7 Å². The minimum atomic E-state index is -2.08. The van der Waals surface area contributed by atoms with E-state index in [0.29, 0.717) is 23.0 Å². The zero-order valence-electron chi connectivity index (χ0n) is 24.5. The van der Waals surface area contributed by atoms with Gasteiger partial charge in [0.1, 0.15) is 12.9 Å². The molecule has 3 atom stereocenters. The summed E-state index contributed by atoms with van der Waals surface area (Å²) in [7, 11) is -2.08. The summed E-state index contributed by atoms with van der Waals surface area (Å²) in [6, 6.07) is 0. The highest BCUT2D eigenvalue weighted by Gasteiger charge is 2.46. The van der Waals surface area contributed by atoms with E-state index >= 15 is 0 Å². The Morgan fingerprint density at radius 1 is 1.11 bits per heavy atom. The van der Waals surface area contributed by atoms with E-state index in [4.69, 9.17) is 13.9 Å². The van der Waals surface area contributed by atoms with Crippen LogP contribution in [0.4, 0.5) is 0 Å². The second kappa shape index (κ2) is 15.0. The molecule has 206 valence electrons. The molecule has 0 fully saturated rings. The third-order valence-electron chi connectivity index (χ3n) is 7.06. The van der Waals surface area contributed by atoms with Gasteiger partial charge in [0.25, 0.3) is 0 Å². The lowest BCUT2D eigenvalue weighted by Gasteiger charge is -2.45. The van der Waals surface area contributed by atoms with Crippen LogP contribution in [0.15, 0.2) is 36.0 Å². The number of hydrogen-bond acceptors (Lipinski definition) is 5. The molecule has 1 aliphatic heterocycles. The van der Waals surface area contributed by atoms with E-state index in [9.17, 15) is 9.59 Å². The smallest absolute Gasteiger partial charge is 0.311 e. The molecule has 0 aromatic heterocycles. The van der Waals surface area contributed by atoms with Crippen LogP contribution in [0.3, 0.4) is 0 Å². The van der Waals surface area contributed by atoms with Crippen molar-refractivity contribution in [2.24, 2.45) is 5.41 Å². The molecule has 5 nitrogen and oxygen atoms in total. The minimum Gasteiger partial charge on any atom is -0.461 e. The van der Waals surface area contributed by atoms with Gasteiger partial charge in [-0.15, -0.1) is 0 Å². The molecule has 0 aromatic rings. The third kappa shape index (κ3) is 10.1. The van der Waals surface area contributed by atoms with Gasteiger partial charge in [-0.05, 0) is 63.2 Å². The molecule has 0 radical (unpaired) electrons. The average Bonchev–Trinajstić information content (AvgIpc) is 2.77. The van der Waals surface area contributed by atoms with Crippen LogP contribution in [-0.2, 0) is 23.5 Å². The lowest BCUT2D eigenvalue weighted by atomic mass is 9.97. The van der Waals surface area contributed by atoms with Crippen LogP contribution in [0.5, 0.6) is 0 Å². The van der Waals surface area contributed by atoms with Crippen LogP contribution in [0.25, 0.3) is 0 Å². The summed E-state index contributed by atoms with van der Waals surface area (Å²) in [4.78, 5) is 23.0. The lowest BCUT2D eigenvalue weighted by Crippen LogP contribution is -2.50. The Hall–Kier alpha value is -1.50. The molecule has 1 aliphatic rings. The maximum atomic E-state index is 12.0. The lowest BCUT2D eigenvalue weighted by molar-refractivity contribution is -0.151. The van der Waals surface area contributed by atoms with Gasteiger partial charge in [0, 0.05) is 12.8 Å². The second-order valence-corrected chi connectivity index (χ2v) is 17.5. The Labute approximate surface area is 221 Å². The van der Waals surface area contributed by atoms with Gasteiger partial charge >= 0.3 is 5.97 Å². The van der Waals surface area contributed by atoms with E-state index in [1.165, 1.54) is 0 Å². The summed E-state index contributed by atoms with van der Waals surface area (Å²) >= 11 is 0. The van der Waals surface area contributed by atoms with Crippen LogP contribution < -0.4 is 0 Å². The zero-order chi connectivity index (χ0) is 27.5.